The smallest absolute Gasteiger partial charge is 0.262 e. The number of rotatable bonds is 7. The van der Waals surface area contributed by atoms with Crippen molar-refractivity contribution in [3.63, 3.8) is 0 Å². The van der Waals surface area contributed by atoms with E-state index in [4.69, 9.17) is 9.72 Å². The first-order valence-electron chi connectivity index (χ1n) is 10.8. The molecule has 1 aliphatic heterocycles. The maximum Gasteiger partial charge on any atom is 0.262 e. The van der Waals surface area contributed by atoms with Gasteiger partial charge in [0.25, 0.3) is 5.56 Å². The van der Waals surface area contributed by atoms with E-state index in [0.717, 1.165) is 28.1 Å². The fourth-order valence-corrected chi connectivity index (χ4v) is 5.86. The highest BCUT2D eigenvalue weighted by Gasteiger charge is 2.31. The van der Waals surface area contributed by atoms with Crippen LogP contribution in [-0.4, -0.2) is 32.9 Å². The van der Waals surface area contributed by atoms with Gasteiger partial charge in [-0.3, -0.25) is 14.2 Å². The van der Waals surface area contributed by atoms with Gasteiger partial charge in [-0.25, -0.2) is 4.98 Å². The molecule has 1 amide bonds. The van der Waals surface area contributed by atoms with Crippen LogP contribution in [0.3, 0.4) is 0 Å². The van der Waals surface area contributed by atoms with Gasteiger partial charge in [0.05, 0.1) is 23.3 Å². The molecule has 3 aromatic rings. The lowest BCUT2D eigenvalue weighted by Gasteiger charge is -2.29. The lowest BCUT2D eigenvalue weighted by Crippen LogP contribution is -2.34. The van der Waals surface area contributed by atoms with Crippen LogP contribution in [0, 0.1) is 0 Å². The van der Waals surface area contributed by atoms with Crippen molar-refractivity contribution in [2.75, 3.05) is 5.75 Å². The Bertz CT molecular complexity index is 1180. The molecule has 0 saturated carbocycles. The van der Waals surface area contributed by atoms with Crippen molar-refractivity contribution in [1.82, 2.24) is 14.9 Å². The summed E-state index contributed by atoms with van der Waals surface area (Å²) in [5, 5.41) is 4.32. The highest BCUT2D eigenvalue weighted by molar-refractivity contribution is 7.99. The Hall–Kier alpha value is -2.16. The van der Waals surface area contributed by atoms with Crippen LogP contribution in [0.5, 0.6) is 0 Å². The number of ether oxygens (including phenoxy) is 1. The number of nitrogens with one attached hydrogen (secondary N) is 1. The second-order valence-electron chi connectivity index (χ2n) is 8.95. The van der Waals surface area contributed by atoms with Crippen molar-refractivity contribution in [1.29, 1.82) is 0 Å². The summed E-state index contributed by atoms with van der Waals surface area (Å²) in [7, 11) is 1.73. The molecular formula is C24H29N3O3S2. The molecule has 4 rings (SSSR count). The lowest BCUT2D eigenvalue weighted by molar-refractivity contribution is -0.119. The molecule has 1 atom stereocenters. The van der Waals surface area contributed by atoms with E-state index in [1.54, 1.807) is 11.6 Å². The van der Waals surface area contributed by atoms with E-state index in [2.05, 4.69) is 17.4 Å². The highest BCUT2D eigenvalue weighted by Crippen LogP contribution is 2.37. The van der Waals surface area contributed by atoms with Crippen molar-refractivity contribution in [3.05, 3.63) is 56.7 Å². The second-order valence-corrected chi connectivity index (χ2v) is 11.0. The standard InChI is InChI=1S/C24H29N3O3S2/c1-15(10-11-16-8-6-5-7-9-16)25-19(28)14-31-23-26-21-20(22(29)27(23)4)17-12-24(2,3)30-13-18(17)32-21/h5-9,15H,10-14H2,1-4H3,(H,25,28). The number of amides is 1. The molecule has 170 valence electrons. The van der Waals surface area contributed by atoms with E-state index in [1.165, 1.54) is 28.7 Å². The van der Waals surface area contributed by atoms with E-state index in [1.807, 2.05) is 39.0 Å². The third-order valence-corrected chi connectivity index (χ3v) is 7.85. The van der Waals surface area contributed by atoms with E-state index >= 15 is 0 Å². The van der Waals surface area contributed by atoms with E-state index in [0.29, 0.717) is 23.6 Å². The fraction of sp³-hybridized carbons (Fsp3) is 0.458. The molecule has 1 aromatic carbocycles. The van der Waals surface area contributed by atoms with Gasteiger partial charge >= 0.3 is 0 Å². The van der Waals surface area contributed by atoms with Gasteiger partial charge in [-0.15, -0.1) is 11.3 Å². The zero-order valence-corrected chi connectivity index (χ0v) is 20.6. The molecule has 2 aromatic heterocycles. The number of fused-ring (bicyclic) bond motifs is 3. The number of thiophene rings is 1. The molecule has 6 nitrogen and oxygen atoms in total. The summed E-state index contributed by atoms with van der Waals surface area (Å²) in [5.74, 6) is 0.174. The quantitative estimate of drug-likeness (QED) is 0.415. The van der Waals surface area contributed by atoms with E-state index in [9.17, 15) is 9.59 Å². The van der Waals surface area contributed by atoms with Crippen molar-refractivity contribution in [2.45, 2.75) is 63.4 Å². The third-order valence-electron chi connectivity index (χ3n) is 5.72. The molecule has 1 N–H and O–H groups in total. The summed E-state index contributed by atoms with van der Waals surface area (Å²) >= 11 is 2.83. The Kier molecular flexibility index (Phi) is 6.74. The largest absolute Gasteiger partial charge is 0.370 e. The summed E-state index contributed by atoms with van der Waals surface area (Å²) < 4.78 is 7.47. The maximum absolute atomic E-state index is 13.1. The van der Waals surface area contributed by atoms with Gasteiger partial charge < -0.3 is 10.1 Å². The van der Waals surface area contributed by atoms with E-state index in [-0.39, 0.29) is 28.9 Å². The number of benzene rings is 1. The monoisotopic (exact) mass is 471 g/mol. The van der Waals surface area contributed by atoms with Crippen LogP contribution in [-0.2, 0) is 36.0 Å². The molecule has 8 heteroatoms. The fourth-order valence-electron chi connectivity index (χ4n) is 3.93. The number of thioether (sulfide) groups is 1. The topological polar surface area (TPSA) is 73.2 Å². The summed E-state index contributed by atoms with van der Waals surface area (Å²) in [6.45, 7) is 6.62. The van der Waals surface area contributed by atoms with Gasteiger partial charge in [-0.05, 0) is 44.7 Å². The number of aryl methyl sites for hydroxylation is 1. The van der Waals surface area contributed by atoms with Gasteiger partial charge in [-0.1, -0.05) is 42.1 Å². The first kappa shape index (κ1) is 23.0. The maximum atomic E-state index is 13.1. The van der Waals surface area contributed by atoms with Crippen LogP contribution < -0.4 is 10.9 Å². The average Bonchev–Trinajstić information content (AvgIpc) is 3.11. The van der Waals surface area contributed by atoms with Gasteiger partial charge in [0.2, 0.25) is 5.91 Å². The normalized spacial score (nSPS) is 16.0. The van der Waals surface area contributed by atoms with Gasteiger partial charge in [0, 0.05) is 24.4 Å². The molecule has 1 aliphatic rings. The molecule has 3 heterocycles. The predicted molar refractivity (Wildman–Crippen MR) is 131 cm³/mol. The summed E-state index contributed by atoms with van der Waals surface area (Å²) in [6.07, 6.45) is 2.50. The second kappa shape index (κ2) is 9.37. The van der Waals surface area contributed by atoms with Gasteiger partial charge in [0.15, 0.2) is 5.16 Å². The molecule has 0 bridgehead atoms. The van der Waals surface area contributed by atoms with E-state index < -0.39 is 0 Å². The number of carbonyl (C=O) groups is 1. The number of nitrogens with zero attached hydrogens (tertiary/aromatic N) is 2. The molecule has 1 unspecified atom stereocenters. The van der Waals surface area contributed by atoms with Crippen LogP contribution in [0.2, 0.25) is 0 Å². The first-order valence-corrected chi connectivity index (χ1v) is 12.6. The average molecular weight is 472 g/mol. The molecule has 0 radical (unpaired) electrons. The summed E-state index contributed by atoms with van der Waals surface area (Å²) in [4.78, 5) is 32.1. The molecule has 0 aliphatic carbocycles. The SMILES string of the molecule is CC(CCc1ccccc1)NC(=O)CSc1nc2sc3c(c2c(=O)n1C)CC(C)(C)OC3. The number of hydrogen-bond acceptors (Lipinski definition) is 6. The zero-order chi connectivity index (χ0) is 22.9. The Morgan fingerprint density at radius 1 is 1.34 bits per heavy atom. The van der Waals surface area contributed by atoms with Crippen LogP contribution in [0.15, 0.2) is 40.3 Å². The van der Waals surface area contributed by atoms with Crippen molar-refractivity contribution in [3.8, 4) is 0 Å². The Balaban J connectivity index is 1.40. The number of aromatic nitrogens is 2. The first-order chi connectivity index (χ1) is 15.2. The molecule has 0 spiro atoms. The van der Waals surface area contributed by atoms with Crippen molar-refractivity contribution >= 4 is 39.2 Å². The molecule has 0 saturated heterocycles. The number of carbonyl (C=O) groups excluding carboxylic acids is 1. The third kappa shape index (κ3) is 5.08. The van der Waals surface area contributed by atoms with Crippen LogP contribution in [0.1, 0.15) is 43.2 Å². The molecule has 32 heavy (non-hydrogen) atoms. The summed E-state index contributed by atoms with van der Waals surface area (Å²) in [6, 6.07) is 10.3. The van der Waals surface area contributed by atoms with Crippen LogP contribution in [0.25, 0.3) is 10.2 Å². The summed E-state index contributed by atoms with van der Waals surface area (Å²) in [5.41, 5.74) is 2.00. The Labute approximate surface area is 196 Å². The minimum Gasteiger partial charge on any atom is -0.370 e. The Morgan fingerprint density at radius 3 is 2.84 bits per heavy atom. The minimum absolute atomic E-state index is 0.0504. The highest BCUT2D eigenvalue weighted by atomic mass is 32.2. The lowest BCUT2D eigenvalue weighted by atomic mass is 9.94. The predicted octanol–water partition coefficient (Wildman–Crippen LogP) is 4.08. The van der Waals surface area contributed by atoms with Crippen LogP contribution in [0.4, 0.5) is 0 Å². The van der Waals surface area contributed by atoms with Gasteiger partial charge in [-0.2, -0.15) is 0 Å². The zero-order valence-electron chi connectivity index (χ0n) is 18.9. The van der Waals surface area contributed by atoms with Crippen molar-refractivity contribution in [2.24, 2.45) is 7.05 Å². The van der Waals surface area contributed by atoms with Gasteiger partial charge in [0.1, 0.15) is 4.83 Å². The van der Waals surface area contributed by atoms with Crippen LogP contribution >= 0.6 is 23.1 Å². The minimum atomic E-state index is -0.283. The van der Waals surface area contributed by atoms with Crippen molar-refractivity contribution < 1.29 is 9.53 Å². The number of hydrogen-bond donors (Lipinski definition) is 1. The molecule has 0 fully saturated rings. The Morgan fingerprint density at radius 2 is 2.09 bits per heavy atom. The molecular weight excluding hydrogens is 442 g/mol.